The number of carbonyl (C=O) groups is 2. The van der Waals surface area contributed by atoms with Crippen molar-refractivity contribution in [3.8, 4) is 0 Å². The van der Waals surface area contributed by atoms with E-state index in [0.29, 0.717) is 10.9 Å². The summed E-state index contributed by atoms with van der Waals surface area (Å²) in [5.41, 5.74) is 0.859. The lowest BCUT2D eigenvalue weighted by atomic mass is 10.1. The van der Waals surface area contributed by atoms with Crippen LogP contribution >= 0.6 is 0 Å². The van der Waals surface area contributed by atoms with Crippen molar-refractivity contribution in [1.29, 1.82) is 0 Å². The molecule has 0 aliphatic carbocycles. The molecule has 20 heavy (non-hydrogen) atoms. The normalized spacial score (nSPS) is 11.9. The summed E-state index contributed by atoms with van der Waals surface area (Å²) in [5, 5.41) is 8.30. The first-order valence-corrected chi connectivity index (χ1v) is 6.21. The number of carbonyl (C=O) groups excluding carboxylic acids is 2. The molecule has 0 amide bonds. The van der Waals surface area contributed by atoms with E-state index in [-0.39, 0.29) is 12.2 Å². The van der Waals surface area contributed by atoms with Crippen LogP contribution in [-0.2, 0) is 14.3 Å². The Morgan fingerprint density at radius 2 is 2.05 bits per heavy atom. The third-order valence-electron chi connectivity index (χ3n) is 2.67. The topological polar surface area (TPSA) is 78.4 Å². The third kappa shape index (κ3) is 2.90. The lowest BCUT2D eigenvalue weighted by molar-refractivity contribution is -0.152. The average Bonchev–Trinajstić information content (AvgIpc) is 2.46. The van der Waals surface area contributed by atoms with E-state index >= 15 is 0 Å². The van der Waals surface area contributed by atoms with E-state index in [1.165, 1.54) is 13.1 Å². The zero-order valence-electron chi connectivity index (χ0n) is 11.2. The molecule has 0 N–H and O–H groups in total. The minimum Gasteiger partial charge on any atom is -0.463 e. The summed E-state index contributed by atoms with van der Waals surface area (Å²) in [4.78, 5) is 23.5. The van der Waals surface area contributed by atoms with Crippen molar-refractivity contribution in [3.63, 3.8) is 0 Å². The number of nitrogens with zero attached hydrogens (tertiary/aromatic N) is 2. The van der Waals surface area contributed by atoms with Crippen LogP contribution in [0, 0.1) is 0 Å². The minimum atomic E-state index is -0.964. The molecule has 0 saturated heterocycles. The monoisotopic (exact) mass is 274 g/mol. The molecule has 1 atom stereocenters. The molecule has 0 spiro atoms. The summed E-state index contributed by atoms with van der Waals surface area (Å²) in [7, 11) is 0. The quantitative estimate of drug-likeness (QED) is 0.790. The standard InChI is InChI=1S/C14H14N2O4/c1-3-19-13(17)9(2)20-14(18)11-8-15-16-12-7-5-4-6-10(11)12/h4-9H,3H2,1-2H3. The highest BCUT2D eigenvalue weighted by Gasteiger charge is 2.21. The van der Waals surface area contributed by atoms with Crippen molar-refractivity contribution in [2.45, 2.75) is 20.0 Å². The van der Waals surface area contributed by atoms with Gasteiger partial charge in [0.2, 0.25) is 0 Å². The predicted octanol–water partition coefficient (Wildman–Crippen LogP) is 1.74. The van der Waals surface area contributed by atoms with Gasteiger partial charge in [0, 0.05) is 5.39 Å². The molecule has 0 radical (unpaired) electrons. The maximum absolute atomic E-state index is 12.1. The van der Waals surface area contributed by atoms with Gasteiger partial charge in [-0.15, -0.1) is 0 Å². The number of hydrogen-bond donors (Lipinski definition) is 0. The van der Waals surface area contributed by atoms with Crippen molar-refractivity contribution in [3.05, 3.63) is 36.0 Å². The molecule has 0 fully saturated rings. The van der Waals surface area contributed by atoms with Gasteiger partial charge in [-0.3, -0.25) is 0 Å². The Labute approximate surface area is 115 Å². The van der Waals surface area contributed by atoms with E-state index in [1.807, 2.05) is 0 Å². The summed E-state index contributed by atoms with van der Waals surface area (Å²) < 4.78 is 9.86. The second-order valence-corrected chi connectivity index (χ2v) is 4.07. The van der Waals surface area contributed by atoms with Gasteiger partial charge in [0.1, 0.15) is 0 Å². The van der Waals surface area contributed by atoms with Crippen LogP contribution in [0.1, 0.15) is 24.2 Å². The van der Waals surface area contributed by atoms with Gasteiger partial charge in [-0.1, -0.05) is 18.2 Å². The Morgan fingerprint density at radius 3 is 2.80 bits per heavy atom. The van der Waals surface area contributed by atoms with E-state index < -0.39 is 18.0 Å². The van der Waals surface area contributed by atoms with Crippen molar-refractivity contribution in [2.75, 3.05) is 6.61 Å². The number of esters is 2. The summed E-state index contributed by atoms with van der Waals surface area (Å²) >= 11 is 0. The van der Waals surface area contributed by atoms with Crippen molar-refractivity contribution < 1.29 is 19.1 Å². The predicted molar refractivity (Wildman–Crippen MR) is 71.0 cm³/mol. The second kappa shape index (κ2) is 6.10. The van der Waals surface area contributed by atoms with E-state index in [1.54, 1.807) is 31.2 Å². The molecule has 1 unspecified atom stereocenters. The number of aromatic nitrogens is 2. The highest BCUT2D eigenvalue weighted by atomic mass is 16.6. The maximum atomic E-state index is 12.1. The Bertz CT molecular complexity index is 637. The van der Waals surface area contributed by atoms with Crippen LogP contribution in [0.15, 0.2) is 30.5 Å². The molecular formula is C14H14N2O4. The summed E-state index contributed by atoms with van der Waals surface area (Å²) in [6, 6.07) is 7.08. The minimum absolute atomic E-state index is 0.237. The summed E-state index contributed by atoms with van der Waals surface area (Å²) in [5.74, 6) is -1.20. The largest absolute Gasteiger partial charge is 0.463 e. The molecule has 2 rings (SSSR count). The molecule has 0 aliphatic rings. The number of rotatable bonds is 4. The van der Waals surface area contributed by atoms with Crippen molar-refractivity contribution in [2.24, 2.45) is 0 Å². The zero-order valence-corrected chi connectivity index (χ0v) is 11.2. The molecule has 0 aliphatic heterocycles. The third-order valence-corrected chi connectivity index (χ3v) is 2.67. The Morgan fingerprint density at radius 1 is 1.30 bits per heavy atom. The SMILES string of the molecule is CCOC(=O)C(C)OC(=O)c1cnnc2ccccc12. The molecule has 1 aromatic carbocycles. The molecule has 1 heterocycles. The Hall–Kier alpha value is -2.50. The number of hydrogen-bond acceptors (Lipinski definition) is 6. The molecule has 2 aromatic rings. The lowest BCUT2D eigenvalue weighted by Crippen LogP contribution is -2.26. The molecule has 104 valence electrons. The van der Waals surface area contributed by atoms with Crippen molar-refractivity contribution >= 4 is 22.8 Å². The van der Waals surface area contributed by atoms with Gasteiger partial charge < -0.3 is 9.47 Å². The van der Waals surface area contributed by atoms with Crippen LogP contribution in [-0.4, -0.2) is 34.8 Å². The van der Waals surface area contributed by atoms with Gasteiger partial charge in [-0.2, -0.15) is 10.2 Å². The Balaban J connectivity index is 2.22. The molecule has 6 heteroatoms. The summed E-state index contributed by atoms with van der Waals surface area (Å²) in [6.45, 7) is 3.39. The fraction of sp³-hybridized carbons (Fsp3) is 0.286. The average molecular weight is 274 g/mol. The van der Waals surface area contributed by atoms with Crippen LogP contribution in [0.2, 0.25) is 0 Å². The molecule has 1 aromatic heterocycles. The van der Waals surface area contributed by atoms with Crippen LogP contribution in [0.4, 0.5) is 0 Å². The molecule has 6 nitrogen and oxygen atoms in total. The van der Waals surface area contributed by atoms with E-state index in [0.717, 1.165) is 0 Å². The van der Waals surface area contributed by atoms with Crippen LogP contribution in [0.5, 0.6) is 0 Å². The molecular weight excluding hydrogens is 260 g/mol. The van der Waals surface area contributed by atoms with E-state index in [2.05, 4.69) is 10.2 Å². The van der Waals surface area contributed by atoms with Gasteiger partial charge in [0.15, 0.2) is 6.10 Å². The van der Waals surface area contributed by atoms with Gasteiger partial charge in [0.05, 0.1) is 23.9 Å². The first kappa shape index (κ1) is 13.9. The van der Waals surface area contributed by atoms with Crippen LogP contribution in [0.3, 0.4) is 0 Å². The van der Waals surface area contributed by atoms with Gasteiger partial charge in [0.25, 0.3) is 0 Å². The number of fused-ring (bicyclic) bond motifs is 1. The highest BCUT2D eigenvalue weighted by Crippen LogP contribution is 2.16. The maximum Gasteiger partial charge on any atom is 0.347 e. The smallest absolute Gasteiger partial charge is 0.347 e. The van der Waals surface area contributed by atoms with Crippen LogP contribution in [0.25, 0.3) is 10.9 Å². The van der Waals surface area contributed by atoms with Gasteiger partial charge >= 0.3 is 11.9 Å². The fourth-order valence-corrected chi connectivity index (χ4v) is 1.70. The van der Waals surface area contributed by atoms with Gasteiger partial charge in [-0.25, -0.2) is 9.59 Å². The number of ether oxygens (including phenoxy) is 2. The number of benzene rings is 1. The van der Waals surface area contributed by atoms with Crippen molar-refractivity contribution in [1.82, 2.24) is 10.2 Å². The zero-order chi connectivity index (χ0) is 14.5. The molecule has 0 saturated carbocycles. The molecule has 0 bridgehead atoms. The van der Waals surface area contributed by atoms with Gasteiger partial charge in [-0.05, 0) is 19.9 Å². The fourth-order valence-electron chi connectivity index (χ4n) is 1.70. The first-order chi connectivity index (χ1) is 9.63. The lowest BCUT2D eigenvalue weighted by Gasteiger charge is -2.12. The second-order valence-electron chi connectivity index (χ2n) is 4.07. The van der Waals surface area contributed by atoms with E-state index in [9.17, 15) is 9.59 Å². The highest BCUT2D eigenvalue weighted by molar-refractivity contribution is 6.03. The Kier molecular flexibility index (Phi) is 4.24. The first-order valence-electron chi connectivity index (χ1n) is 6.21. The summed E-state index contributed by atoms with van der Waals surface area (Å²) in [6.07, 6.45) is 0.358. The van der Waals surface area contributed by atoms with Crippen LogP contribution < -0.4 is 0 Å². The van der Waals surface area contributed by atoms with E-state index in [4.69, 9.17) is 9.47 Å².